The predicted octanol–water partition coefficient (Wildman–Crippen LogP) is 0.458. The highest BCUT2D eigenvalue weighted by Crippen LogP contribution is 2.21. The van der Waals surface area contributed by atoms with Crippen LogP contribution in [0.1, 0.15) is 19.4 Å². The minimum absolute atomic E-state index is 0.0228. The Labute approximate surface area is 104 Å². The largest absolute Gasteiger partial charge is 0.345 e. The van der Waals surface area contributed by atoms with Crippen molar-refractivity contribution in [1.82, 2.24) is 15.2 Å². The highest BCUT2D eigenvalue weighted by molar-refractivity contribution is 5.97. The van der Waals surface area contributed by atoms with E-state index in [0.717, 1.165) is 6.20 Å². The van der Waals surface area contributed by atoms with Crippen LogP contribution in [0.3, 0.4) is 0 Å². The van der Waals surface area contributed by atoms with Gasteiger partial charge in [-0.25, -0.2) is 4.39 Å². The number of carbonyl (C=O) groups excluding carboxylic acids is 2. The molecule has 1 N–H and O–H groups in total. The number of amides is 2. The van der Waals surface area contributed by atoms with Crippen molar-refractivity contribution in [3.8, 4) is 0 Å². The fourth-order valence-electron chi connectivity index (χ4n) is 1.91. The van der Waals surface area contributed by atoms with Crippen molar-refractivity contribution in [1.29, 1.82) is 0 Å². The molecule has 96 valence electrons. The SMILES string of the molecule is CC1(C)C(=O)NCC(=O)N1Cc1cncc(F)c1. The van der Waals surface area contributed by atoms with Gasteiger partial charge in [0, 0.05) is 12.7 Å². The molecule has 1 aliphatic rings. The fourth-order valence-corrected chi connectivity index (χ4v) is 1.91. The van der Waals surface area contributed by atoms with E-state index in [0.29, 0.717) is 5.56 Å². The Morgan fingerprint density at radius 2 is 2.17 bits per heavy atom. The Hall–Kier alpha value is -1.98. The van der Waals surface area contributed by atoms with Gasteiger partial charge in [-0.2, -0.15) is 0 Å². The smallest absolute Gasteiger partial charge is 0.245 e. The molecule has 0 aliphatic carbocycles. The lowest BCUT2D eigenvalue weighted by atomic mass is 9.98. The highest BCUT2D eigenvalue weighted by Gasteiger charge is 2.41. The second-order valence-electron chi connectivity index (χ2n) is 4.73. The number of halogens is 1. The van der Waals surface area contributed by atoms with Crippen LogP contribution in [-0.2, 0) is 16.1 Å². The van der Waals surface area contributed by atoms with E-state index < -0.39 is 11.4 Å². The summed E-state index contributed by atoms with van der Waals surface area (Å²) >= 11 is 0. The molecule has 1 saturated heterocycles. The first-order chi connectivity index (χ1) is 8.41. The summed E-state index contributed by atoms with van der Waals surface area (Å²) in [5.41, 5.74) is -0.382. The van der Waals surface area contributed by atoms with Crippen molar-refractivity contribution in [2.24, 2.45) is 0 Å². The summed E-state index contributed by atoms with van der Waals surface area (Å²) in [4.78, 5) is 28.7. The number of nitrogens with zero attached hydrogens (tertiary/aromatic N) is 2. The van der Waals surface area contributed by atoms with Crippen LogP contribution < -0.4 is 5.32 Å². The number of pyridine rings is 1. The lowest BCUT2D eigenvalue weighted by molar-refractivity contribution is -0.152. The summed E-state index contributed by atoms with van der Waals surface area (Å²) in [5.74, 6) is -0.866. The summed E-state index contributed by atoms with van der Waals surface area (Å²) < 4.78 is 13.0. The van der Waals surface area contributed by atoms with Gasteiger partial charge < -0.3 is 10.2 Å². The number of aromatic nitrogens is 1. The van der Waals surface area contributed by atoms with Crippen LogP contribution in [0.15, 0.2) is 18.5 Å². The van der Waals surface area contributed by atoms with E-state index in [1.807, 2.05) is 0 Å². The van der Waals surface area contributed by atoms with Crippen LogP contribution in [0.4, 0.5) is 4.39 Å². The Balaban J connectivity index is 2.25. The maximum atomic E-state index is 13.0. The van der Waals surface area contributed by atoms with Gasteiger partial charge in [-0.15, -0.1) is 0 Å². The zero-order chi connectivity index (χ0) is 13.3. The van der Waals surface area contributed by atoms with Gasteiger partial charge >= 0.3 is 0 Å². The molecular weight excluding hydrogens is 237 g/mol. The lowest BCUT2D eigenvalue weighted by Gasteiger charge is -2.41. The minimum Gasteiger partial charge on any atom is -0.345 e. The monoisotopic (exact) mass is 251 g/mol. The van der Waals surface area contributed by atoms with E-state index in [2.05, 4.69) is 10.3 Å². The van der Waals surface area contributed by atoms with E-state index in [9.17, 15) is 14.0 Å². The van der Waals surface area contributed by atoms with E-state index in [-0.39, 0.29) is 24.9 Å². The topological polar surface area (TPSA) is 62.3 Å². The van der Waals surface area contributed by atoms with E-state index in [1.165, 1.54) is 17.2 Å². The van der Waals surface area contributed by atoms with Gasteiger partial charge in [0.15, 0.2) is 0 Å². The zero-order valence-electron chi connectivity index (χ0n) is 10.2. The summed E-state index contributed by atoms with van der Waals surface area (Å²) in [6, 6.07) is 1.31. The summed E-state index contributed by atoms with van der Waals surface area (Å²) in [6.45, 7) is 3.47. The second-order valence-corrected chi connectivity index (χ2v) is 4.73. The number of carbonyl (C=O) groups is 2. The van der Waals surface area contributed by atoms with Crippen molar-refractivity contribution < 1.29 is 14.0 Å². The first-order valence-corrected chi connectivity index (χ1v) is 5.59. The molecule has 2 rings (SSSR count). The average molecular weight is 251 g/mol. The standard InChI is InChI=1S/C12H14FN3O2/c1-12(2)11(18)15-6-10(17)16(12)7-8-3-9(13)5-14-4-8/h3-5H,6-7H2,1-2H3,(H,15,18). The highest BCUT2D eigenvalue weighted by atomic mass is 19.1. The molecule has 2 heterocycles. The molecule has 0 radical (unpaired) electrons. The van der Waals surface area contributed by atoms with Crippen LogP contribution in [-0.4, -0.2) is 33.8 Å². The van der Waals surface area contributed by atoms with Gasteiger partial charge in [-0.1, -0.05) is 0 Å². The molecule has 0 saturated carbocycles. The van der Waals surface area contributed by atoms with Crippen molar-refractivity contribution in [3.63, 3.8) is 0 Å². The maximum absolute atomic E-state index is 13.0. The maximum Gasteiger partial charge on any atom is 0.245 e. The molecule has 2 amide bonds. The van der Waals surface area contributed by atoms with Crippen molar-refractivity contribution >= 4 is 11.8 Å². The van der Waals surface area contributed by atoms with E-state index in [4.69, 9.17) is 0 Å². The number of hydrogen-bond donors (Lipinski definition) is 1. The van der Waals surface area contributed by atoms with Crippen molar-refractivity contribution in [3.05, 3.63) is 29.8 Å². The average Bonchev–Trinajstić information content (AvgIpc) is 2.30. The summed E-state index contributed by atoms with van der Waals surface area (Å²) in [6.07, 6.45) is 2.58. The molecule has 0 unspecified atom stereocenters. The van der Waals surface area contributed by atoms with Gasteiger partial charge in [0.2, 0.25) is 11.8 Å². The number of hydrogen-bond acceptors (Lipinski definition) is 3. The Morgan fingerprint density at radius 1 is 1.44 bits per heavy atom. The van der Waals surface area contributed by atoms with Crippen molar-refractivity contribution in [2.45, 2.75) is 25.9 Å². The Kier molecular flexibility index (Phi) is 3.02. The molecule has 1 fully saturated rings. The molecule has 5 nitrogen and oxygen atoms in total. The fraction of sp³-hybridized carbons (Fsp3) is 0.417. The van der Waals surface area contributed by atoms with Gasteiger partial charge in [0.05, 0.1) is 12.7 Å². The van der Waals surface area contributed by atoms with Gasteiger partial charge in [-0.3, -0.25) is 14.6 Å². The van der Waals surface area contributed by atoms with Crippen LogP contribution in [0.2, 0.25) is 0 Å². The lowest BCUT2D eigenvalue weighted by Crippen LogP contribution is -2.63. The van der Waals surface area contributed by atoms with E-state index in [1.54, 1.807) is 13.8 Å². The summed E-state index contributed by atoms with van der Waals surface area (Å²) in [7, 11) is 0. The van der Waals surface area contributed by atoms with Crippen LogP contribution >= 0.6 is 0 Å². The minimum atomic E-state index is -0.943. The molecule has 0 bridgehead atoms. The number of piperazine rings is 1. The molecule has 1 aromatic rings. The third kappa shape index (κ3) is 2.18. The third-order valence-electron chi connectivity index (χ3n) is 3.03. The Morgan fingerprint density at radius 3 is 2.83 bits per heavy atom. The van der Waals surface area contributed by atoms with Gasteiger partial charge in [0.1, 0.15) is 11.4 Å². The molecule has 0 spiro atoms. The van der Waals surface area contributed by atoms with Crippen LogP contribution in [0.5, 0.6) is 0 Å². The predicted molar refractivity (Wildman–Crippen MR) is 61.8 cm³/mol. The van der Waals surface area contributed by atoms with E-state index >= 15 is 0 Å². The molecule has 1 aliphatic heterocycles. The second kappa shape index (κ2) is 4.36. The molecule has 18 heavy (non-hydrogen) atoms. The van der Waals surface area contributed by atoms with Gasteiger partial charge in [-0.05, 0) is 25.5 Å². The molecule has 1 aromatic heterocycles. The van der Waals surface area contributed by atoms with Crippen LogP contribution in [0.25, 0.3) is 0 Å². The zero-order valence-corrected chi connectivity index (χ0v) is 10.2. The number of nitrogens with one attached hydrogen (secondary N) is 1. The first-order valence-electron chi connectivity index (χ1n) is 5.59. The summed E-state index contributed by atoms with van der Waals surface area (Å²) in [5, 5.41) is 2.53. The van der Waals surface area contributed by atoms with Gasteiger partial charge in [0.25, 0.3) is 0 Å². The normalized spacial score (nSPS) is 18.7. The Bertz CT molecular complexity index is 502. The molecular formula is C12H14FN3O2. The third-order valence-corrected chi connectivity index (χ3v) is 3.03. The molecule has 0 aromatic carbocycles. The first kappa shape index (κ1) is 12.5. The number of rotatable bonds is 2. The van der Waals surface area contributed by atoms with Crippen LogP contribution in [0, 0.1) is 5.82 Å². The van der Waals surface area contributed by atoms with Crippen molar-refractivity contribution in [2.75, 3.05) is 6.54 Å². The molecule has 0 atom stereocenters. The molecule has 6 heteroatoms. The quantitative estimate of drug-likeness (QED) is 0.830.